The van der Waals surface area contributed by atoms with Gasteiger partial charge in [-0.3, -0.25) is 0 Å². The average molecular weight is 199 g/mol. The number of hydrogen-bond acceptors (Lipinski definition) is 3. The summed E-state index contributed by atoms with van der Waals surface area (Å²) in [4.78, 5) is 0. The van der Waals surface area contributed by atoms with Crippen molar-refractivity contribution < 1.29 is 13.9 Å². The molecule has 0 bridgehead atoms. The van der Waals surface area contributed by atoms with Crippen LogP contribution in [0.15, 0.2) is 18.2 Å². The van der Waals surface area contributed by atoms with E-state index in [4.69, 9.17) is 15.2 Å². The minimum atomic E-state index is -0.346. The second-order valence-electron chi connectivity index (χ2n) is 2.68. The highest BCUT2D eigenvalue weighted by atomic mass is 19.1. The van der Waals surface area contributed by atoms with Gasteiger partial charge in [0.1, 0.15) is 11.6 Å². The third kappa shape index (κ3) is 2.68. The summed E-state index contributed by atoms with van der Waals surface area (Å²) in [6.45, 7) is 2.66. The van der Waals surface area contributed by atoms with Crippen LogP contribution in [0.5, 0.6) is 5.75 Å². The fourth-order valence-corrected chi connectivity index (χ4v) is 1.06. The van der Waals surface area contributed by atoms with Crippen molar-refractivity contribution in [2.75, 3.05) is 13.4 Å². The molecule has 0 radical (unpaired) electrons. The van der Waals surface area contributed by atoms with E-state index < -0.39 is 0 Å². The van der Waals surface area contributed by atoms with E-state index in [1.54, 1.807) is 12.1 Å². The van der Waals surface area contributed by atoms with Gasteiger partial charge in [0, 0.05) is 18.7 Å². The molecule has 4 heteroatoms. The molecule has 1 aromatic carbocycles. The molecule has 0 atom stereocenters. The first-order valence-corrected chi connectivity index (χ1v) is 4.47. The van der Waals surface area contributed by atoms with E-state index in [1.165, 1.54) is 6.07 Å². The number of hydrogen-bond donors (Lipinski definition) is 1. The molecule has 1 aromatic rings. The number of halogens is 1. The van der Waals surface area contributed by atoms with Gasteiger partial charge in [-0.2, -0.15) is 0 Å². The highest BCUT2D eigenvalue weighted by Gasteiger charge is 2.06. The maximum absolute atomic E-state index is 13.2. The Kier molecular flexibility index (Phi) is 4.35. The normalized spacial score (nSPS) is 10.2. The van der Waals surface area contributed by atoms with Crippen LogP contribution < -0.4 is 10.5 Å². The number of benzene rings is 1. The lowest BCUT2D eigenvalue weighted by Gasteiger charge is -2.10. The van der Waals surface area contributed by atoms with Crippen LogP contribution in [0.1, 0.15) is 12.5 Å². The Morgan fingerprint density at radius 1 is 1.43 bits per heavy atom. The third-order valence-electron chi connectivity index (χ3n) is 1.78. The molecule has 1 rings (SSSR count). The molecule has 14 heavy (non-hydrogen) atoms. The van der Waals surface area contributed by atoms with Crippen molar-refractivity contribution in [3.05, 3.63) is 29.6 Å². The molecule has 0 saturated carbocycles. The summed E-state index contributed by atoms with van der Waals surface area (Å²) in [5.74, 6) is 0.0995. The molecule has 0 spiro atoms. The predicted molar refractivity (Wildman–Crippen MR) is 51.4 cm³/mol. The molecule has 78 valence electrons. The molecule has 0 saturated heterocycles. The molecule has 0 fully saturated rings. The van der Waals surface area contributed by atoms with Gasteiger partial charge in [0.25, 0.3) is 0 Å². The van der Waals surface area contributed by atoms with Gasteiger partial charge in [-0.05, 0) is 19.1 Å². The van der Waals surface area contributed by atoms with E-state index in [0.717, 1.165) is 0 Å². The lowest BCUT2D eigenvalue weighted by molar-refractivity contribution is 0.0216. The van der Waals surface area contributed by atoms with Gasteiger partial charge in [-0.15, -0.1) is 0 Å². The van der Waals surface area contributed by atoms with Crippen LogP contribution in [0.25, 0.3) is 0 Å². The van der Waals surface area contributed by atoms with E-state index in [0.29, 0.717) is 17.9 Å². The number of ether oxygens (including phenoxy) is 2. The molecule has 0 aromatic heterocycles. The summed E-state index contributed by atoms with van der Waals surface area (Å²) in [5.41, 5.74) is 5.78. The standard InChI is InChI=1S/C10H14FNO2/c1-2-13-7-14-10-5-3-4-9(11)8(10)6-12/h3-5H,2,6-7,12H2,1H3. The van der Waals surface area contributed by atoms with Gasteiger partial charge < -0.3 is 15.2 Å². The zero-order chi connectivity index (χ0) is 10.4. The molecular weight excluding hydrogens is 185 g/mol. The highest BCUT2D eigenvalue weighted by Crippen LogP contribution is 2.20. The number of rotatable bonds is 5. The van der Waals surface area contributed by atoms with Gasteiger partial charge >= 0.3 is 0 Å². The molecule has 0 unspecified atom stereocenters. The Hall–Kier alpha value is -1.13. The fraction of sp³-hybridized carbons (Fsp3) is 0.400. The summed E-state index contributed by atoms with van der Waals surface area (Å²) in [6.07, 6.45) is 0. The second-order valence-corrected chi connectivity index (χ2v) is 2.68. The highest BCUT2D eigenvalue weighted by molar-refractivity contribution is 5.34. The minimum absolute atomic E-state index is 0.118. The van der Waals surface area contributed by atoms with E-state index in [2.05, 4.69) is 0 Å². The van der Waals surface area contributed by atoms with Gasteiger partial charge in [0.15, 0.2) is 6.79 Å². The lowest BCUT2D eigenvalue weighted by Crippen LogP contribution is -2.07. The fourth-order valence-electron chi connectivity index (χ4n) is 1.06. The first-order chi connectivity index (χ1) is 6.79. The van der Waals surface area contributed by atoms with E-state index >= 15 is 0 Å². The van der Waals surface area contributed by atoms with Crippen molar-refractivity contribution in [3.8, 4) is 5.75 Å². The van der Waals surface area contributed by atoms with Crippen LogP contribution >= 0.6 is 0 Å². The summed E-state index contributed by atoms with van der Waals surface area (Å²) < 4.78 is 23.4. The van der Waals surface area contributed by atoms with Crippen molar-refractivity contribution in [3.63, 3.8) is 0 Å². The molecule has 0 amide bonds. The van der Waals surface area contributed by atoms with Gasteiger partial charge in [0.2, 0.25) is 0 Å². The quantitative estimate of drug-likeness (QED) is 0.579. The van der Waals surface area contributed by atoms with E-state index in [9.17, 15) is 4.39 Å². The third-order valence-corrected chi connectivity index (χ3v) is 1.78. The Morgan fingerprint density at radius 3 is 2.86 bits per heavy atom. The predicted octanol–water partition coefficient (Wildman–Crippen LogP) is 1.66. The maximum Gasteiger partial charge on any atom is 0.189 e. The zero-order valence-corrected chi connectivity index (χ0v) is 8.13. The summed E-state index contributed by atoms with van der Waals surface area (Å²) in [5, 5.41) is 0. The molecule has 0 aliphatic heterocycles. The molecule has 0 heterocycles. The smallest absolute Gasteiger partial charge is 0.189 e. The van der Waals surface area contributed by atoms with Crippen LogP contribution in [0.3, 0.4) is 0 Å². The zero-order valence-electron chi connectivity index (χ0n) is 8.13. The van der Waals surface area contributed by atoms with Crippen LogP contribution in [0, 0.1) is 5.82 Å². The molecule has 3 nitrogen and oxygen atoms in total. The molecule has 2 N–H and O–H groups in total. The van der Waals surface area contributed by atoms with Gasteiger partial charge in [-0.1, -0.05) is 6.07 Å². The van der Waals surface area contributed by atoms with Crippen molar-refractivity contribution in [1.82, 2.24) is 0 Å². The summed E-state index contributed by atoms with van der Waals surface area (Å²) in [6, 6.07) is 4.61. The Labute approximate surface area is 82.6 Å². The largest absolute Gasteiger partial charge is 0.467 e. The van der Waals surface area contributed by atoms with Crippen LogP contribution in [-0.2, 0) is 11.3 Å². The van der Waals surface area contributed by atoms with Gasteiger partial charge in [-0.25, -0.2) is 4.39 Å². The van der Waals surface area contributed by atoms with Crippen molar-refractivity contribution in [1.29, 1.82) is 0 Å². The topological polar surface area (TPSA) is 44.5 Å². The Morgan fingerprint density at radius 2 is 2.21 bits per heavy atom. The second kappa shape index (κ2) is 5.57. The molecule has 0 aliphatic rings. The summed E-state index contributed by atoms with van der Waals surface area (Å²) >= 11 is 0. The van der Waals surface area contributed by atoms with E-state index in [-0.39, 0.29) is 19.2 Å². The molecule has 0 aliphatic carbocycles. The summed E-state index contributed by atoms with van der Waals surface area (Å²) in [7, 11) is 0. The van der Waals surface area contributed by atoms with Crippen LogP contribution in [0.4, 0.5) is 4.39 Å². The first-order valence-electron chi connectivity index (χ1n) is 4.47. The lowest BCUT2D eigenvalue weighted by atomic mass is 10.2. The van der Waals surface area contributed by atoms with Crippen LogP contribution in [-0.4, -0.2) is 13.4 Å². The van der Waals surface area contributed by atoms with Crippen LogP contribution in [0.2, 0.25) is 0 Å². The SMILES string of the molecule is CCOCOc1cccc(F)c1CN. The Balaban J connectivity index is 2.70. The monoisotopic (exact) mass is 199 g/mol. The Bertz CT molecular complexity index is 291. The number of nitrogens with two attached hydrogens (primary N) is 1. The van der Waals surface area contributed by atoms with Gasteiger partial charge in [0.05, 0.1) is 0 Å². The van der Waals surface area contributed by atoms with E-state index in [1.807, 2.05) is 6.92 Å². The maximum atomic E-state index is 13.2. The average Bonchev–Trinajstić information content (AvgIpc) is 2.18. The molecular formula is C10H14FNO2. The van der Waals surface area contributed by atoms with Crippen molar-refractivity contribution >= 4 is 0 Å². The van der Waals surface area contributed by atoms with Crippen molar-refractivity contribution in [2.45, 2.75) is 13.5 Å². The first kappa shape index (κ1) is 10.9. The van der Waals surface area contributed by atoms with Crippen molar-refractivity contribution in [2.24, 2.45) is 5.73 Å². The minimum Gasteiger partial charge on any atom is -0.467 e.